The molecular formula is C17H24N2O2. The molecule has 1 aromatic carbocycles. The van der Waals surface area contributed by atoms with E-state index in [0.29, 0.717) is 6.54 Å². The number of nitrogens with zero attached hydrogens (tertiary/aromatic N) is 1. The van der Waals surface area contributed by atoms with Crippen molar-refractivity contribution < 1.29 is 9.59 Å². The van der Waals surface area contributed by atoms with E-state index in [9.17, 15) is 9.59 Å². The van der Waals surface area contributed by atoms with Crippen molar-refractivity contribution in [2.45, 2.75) is 46.7 Å². The van der Waals surface area contributed by atoms with Crippen molar-refractivity contribution in [1.29, 1.82) is 0 Å². The van der Waals surface area contributed by atoms with Gasteiger partial charge in [-0.25, -0.2) is 0 Å². The number of aryl methyl sites for hydroxylation is 2. The molecule has 1 heterocycles. The van der Waals surface area contributed by atoms with Crippen LogP contribution in [0.1, 0.15) is 37.0 Å². The number of rotatable bonds is 4. The summed E-state index contributed by atoms with van der Waals surface area (Å²) in [6, 6.07) is 5.87. The van der Waals surface area contributed by atoms with Crippen molar-refractivity contribution in [3.05, 3.63) is 34.9 Å². The maximum absolute atomic E-state index is 12.6. The minimum absolute atomic E-state index is 0.0307. The van der Waals surface area contributed by atoms with Gasteiger partial charge in [-0.1, -0.05) is 49.6 Å². The SMILES string of the molecule is CCC(C)C1NC(=O)CN(Cc2cc(C)cc(C)c2)C1=O. The molecule has 21 heavy (non-hydrogen) atoms. The molecule has 4 heteroatoms. The lowest BCUT2D eigenvalue weighted by atomic mass is 9.96. The monoisotopic (exact) mass is 288 g/mol. The molecular weight excluding hydrogens is 264 g/mol. The molecule has 2 atom stereocenters. The fourth-order valence-corrected chi connectivity index (χ4v) is 2.86. The molecule has 1 aliphatic heterocycles. The smallest absolute Gasteiger partial charge is 0.246 e. The summed E-state index contributed by atoms with van der Waals surface area (Å²) < 4.78 is 0. The van der Waals surface area contributed by atoms with Crippen molar-refractivity contribution >= 4 is 11.8 Å². The Morgan fingerprint density at radius 3 is 2.43 bits per heavy atom. The molecule has 0 saturated carbocycles. The summed E-state index contributed by atoms with van der Waals surface area (Å²) in [5.74, 6) is 0.121. The fraction of sp³-hybridized carbons (Fsp3) is 0.529. The van der Waals surface area contributed by atoms with Crippen LogP contribution in [0.25, 0.3) is 0 Å². The van der Waals surface area contributed by atoms with Crippen LogP contribution in [0.5, 0.6) is 0 Å². The van der Waals surface area contributed by atoms with Gasteiger partial charge in [-0.2, -0.15) is 0 Å². The third-order valence-electron chi connectivity index (χ3n) is 4.10. The molecule has 0 aliphatic carbocycles. The predicted octanol–water partition coefficient (Wildman–Crippen LogP) is 2.18. The normalized spacial score (nSPS) is 20.4. The Hall–Kier alpha value is -1.84. The Morgan fingerprint density at radius 1 is 1.24 bits per heavy atom. The first-order valence-corrected chi connectivity index (χ1v) is 7.56. The molecule has 1 N–H and O–H groups in total. The Morgan fingerprint density at radius 2 is 1.86 bits per heavy atom. The number of piperazine rings is 1. The average molecular weight is 288 g/mol. The fourth-order valence-electron chi connectivity index (χ4n) is 2.86. The highest BCUT2D eigenvalue weighted by molar-refractivity contribution is 5.95. The molecule has 0 aromatic heterocycles. The molecule has 1 aromatic rings. The summed E-state index contributed by atoms with van der Waals surface area (Å²) in [5.41, 5.74) is 3.44. The Kier molecular flexibility index (Phi) is 4.66. The zero-order chi connectivity index (χ0) is 15.6. The van der Waals surface area contributed by atoms with Gasteiger partial charge < -0.3 is 10.2 Å². The topological polar surface area (TPSA) is 49.4 Å². The zero-order valence-corrected chi connectivity index (χ0v) is 13.3. The minimum Gasteiger partial charge on any atom is -0.342 e. The predicted molar refractivity (Wildman–Crippen MR) is 82.7 cm³/mol. The van der Waals surface area contributed by atoms with Crippen LogP contribution in [0.15, 0.2) is 18.2 Å². The molecule has 2 unspecified atom stereocenters. The first-order chi connectivity index (χ1) is 9.90. The number of carbonyl (C=O) groups excluding carboxylic acids is 2. The van der Waals surface area contributed by atoms with E-state index in [1.165, 1.54) is 11.1 Å². The standard InChI is InChI=1S/C17H24N2O2/c1-5-13(4)16-17(21)19(10-15(20)18-16)9-14-7-11(2)6-12(3)8-14/h6-8,13,16H,5,9-10H2,1-4H3,(H,18,20). The van der Waals surface area contributed by atoms with E-state index in [0.717, 1.165) is 12.0 Å². The van der Waals surface area contributed by atoms with Gasteiger partial charge in [0.15, 0.2) is 0 Å². The van der Waals surface area contributed by atoms with Gasteiger partial charge in [-0.3, -0.25) is 9.59 Å². The Balaban J connectivity index is 2.18. The summed E-state index contributed by atoms with van der Waals surface area (Å²) in [6.45, 7) is 8.78. The van der Waals surface area contributed by atoms with E-state index in [4.69, 9.17) is 0 Å². The molecule has 114 valence electrons. The molecule has 4 nitrogen and oxygen atoms in total. The summed E-state index contributed by atoms with van der Waals surface area (Å²) >= 11 is 0. The lowest BCUT2D eigenvalue weighted by Gasteiger charge is -2.35. The summed E-state index contributed by atoms with van der Waals surface area (Å²) in [6.07, 6.45) is 0.869. The maximum atomic E-state index is 12.6. The van der Waals surface area contributed by atoms with E-state index in [2.05, 4.69) is 23.5 Å². The van der Waals surface area contributed by atoms with E-state index in [1.807, 2.05) is 27.7 Å². The van der Waals surface area contributed by atoms with E-state index < -0.39 is 0 Å². The van der Waals surface area contributed by atoms with Gasteiger partial charge in [0.05, 0.1) is 6.54 Å². The van der Waals surface area contributed by atoms with Gasteiger partial charge in [-0.05, 0) is 25.3 Å². The molecule has 2 rings (SSSR count). The Labute approximate surface area is 126 Å². The first-order valence-electron chi connectivity index (χ1n) is 7.56. The number of nitrogens with one attached hydrogen (secondary N) is 1. The van der Waals surface area contributed by atoms with Crippen LogP contribution in [-0.2, 0) is 16.1 Å². The molecule has 0 bridgehead atoms. The van der Waals surface area contributed by atoms with E-state index >= 15 is 0 Å². The van der Waals surface area contributed by atoms with Crippen molar-refractivity contribution in [2.75, 3.05) is 6.54 Å². The number of carbonyl (C=O) groups is 2. The highest BCUT2D eigenvalue weighted by atomic mass is 16.2. The molecule has 1 saturated heterocycles. The van der Waals surface area contributed by atoms with Gasteiger partial charge in [0.1, 0.15) is 6.04 Å². The summed E-state index contributed by atoms with van der Waals surface area (Å²) in [7, 11) is 0. The second-order valence-corrected chi connectivity index (χ2v) is 6.12. The lowest BCUT2D eigenvalue weighted by Crippen LogP contribution is -2.59. The molecule has 1 aliphatic rings. The molecule has 2 amide bonds. The molecule has 1 fully saturated rings. The van der Waals surface area contributed by atoms with Crippen LogP contribution in [0.2, 0.25) is 0 Å². The van der Waals surface area contributed by atoms with Crippen LogP contribution in [0.4, 0.5) is 0 Å². The first kappa shape index (κ1) is 15.5. The van der Waals surface area contributed by atoms with Gasteiger partial charge in [0.2, 0.25) is 11.8 Å². The van der Waals surface area contributed by atoms with Gasteiger partial charge >= 0.3 is 0 Å². The second kappa shape index (κ2) is 6.29. The summed E-state index contributed by atoms with van der Waals surface area (Å²) in [4.78, 5) is 26.1. The van der Waals surface area contributed by atoms with Crippen molar-refractivity contribution in [3.8, 4) is 0 Å². The maximum Gasteiger partial charge on any atom is 0.246 e. The molecule has 0 spiro atoms. The van der Waals surface area contributed by atoms with E-state index in [-0.39, 0.29) is 30.3 Å². The number of benzene rings is 1. The summed E-state index contributed by atoms with van der Waals surface area (Å²) in [5, 5.41) is 2.83. The van der Waals surface area contributed by atoms with Gasteiger partial charge in [0.25, 0.3) is 0 Å². The quantitative estimate of drug-likeness (QED) is 0.923. The highest BCUT2D eigenvalue weighted by Crippen LogP contribution is 2.17. The van der Waals surface area contributed by atoms with Crippen molar-refractivity contribution in [3.63, 3.8) is 0 Å². The Bertz CT molecular complexity index is 533. The van der Waals surface area contributed by atoms with Crippen LogP contribution < -0.4 is 5.32 Å². The largest absolute Gasteiger partial charge is 0.342 e. The minimum atomic E-state index is -0.387. The number of hydrogen-bond donors (Lipinski definition) is 1. The third kappa shape index (κ3) is 3.63. The lowest BCUT2D eigenvalue weighted by molar-refractivity contribution is -0.146. The second-order valence-electron chi connectivity index (χ2n) is 6.12. The van der Waals surface area contributed by atoms with E-state index in [1.54, 1.807) is 4.90 Å². The van der Waals surface area contributed by atoms with Crippen molar-refractivity contribution in [2.24, 2.45) is 5.92 Å². The number of hydrogen-bond acceptors (Lipinski definition) is 2. The highest BCUT2D eigenvalue weighted by Gasteiger charge is 2.35. The number of amides is 2. The van der Waals surface area contributed by atoms with Crippen LogP contribution in [0.3, 0.4) is 0 Å². The van der Waals surface area contributed by atoms with Crippen molar-refractivity contribution in [1.82, 2.24) is 10.2 Å². The third-order valence-corrected chi connectivity index (χ3v) is 4.10. The van der Waals surface area contributed by atoms with Gasteiger partial charge in [-0.15, -0.1) is 0 Å². The van der Waals surface area contributed by atoms with Crippen LogP contribution in [0, 0.1) is 19.8 Å². The average Bonchev–Trinajstić information content (AvgIpc) is 2.40. The van der Waals surface area contributed by atoms with Crippen LogP contribution >= 0.6 is 0 Å². The zero-order valence-electron chi connectivity index (χ0n) is 13.3. The molecule has 0 radical (unpaired) electrons. The van der Waals surface area contributed by atoms with Gasteiger partial charge in [0, 0.05) is 6.54 Å². The van der Waals surface area contributed by atoms with Crippen LogP contribution in [-0.4, -0.2) is 29.3 Å².